The number of benzene rings is 2. The number of H-pyrrole nitrogens is 1. The van der Waals surface area contributed by atoms with Crippen molar-refractivity contribution in [2.75, 3.05) is 0 Å². The molecule has 0 radical (unpaired) electrons. The summed E-state index contributed by atoms with van der Waals surface area (Å²) in [4.78, 5) is 32.8. The number of fused-ring (bicyclic) bond motifs is 1. The second-order valence-corrected chi connectivity index (χ2v) is 10.0. The molecule has 5 nitrogen and oxygen atoms in total. The summed E-state index contributed by atoms with van der Waals surface area (Å²) >= 11 is 1.68. The van der Waals surface area contributed by atoms with Crippen LogP contribution < -0.4 is 5.32 Å². The van der Waals surface area contributed by atoms with Crippen molar-refractivity contribution in [3.8, 4) is 11.3 Å². The van der Waals surface area contributed by atoms with Gasteiger partial charge in [0.25, 0.3) is 0 Å². The number of carbonyl (C=O) groups is 2. The Morgan fingerprint density at radius 3 is 2.71 bits per heavy atom. The van der Waals surface area contributed by atoms with Crippen LogP contribution in [0.15, 0.2) is 60.1 Å². The van der Waals surface area contributed by atoms with E-state index in [1.165, 1.54) is 10.3 Å². The summed E-state index contributed by atoms with van der Waals surface area (Å²) in [5.41, 5.74) is 4.26. The van der Waals surface area contributed by atoms with Gasteiger partial charge < -0.3 is 10.3 Å². The number of thiophene rings is 1. The van der Waals surface area contributed by atoms with Crippen molar-refractivity contribution in [2.45, 2.75) is 64.8 Å². The smallest absolute Gasteiger partial charge is 0.225 e. The predicted octanol–water partition coefficient (Wildman–Crippen LogP) is 6.93. The number of aromatic amines is 1. The van der Waals surface area contributed by atoms with Gasteiger partial charge in [-0.3, -0.25) is 9.59 Å². The van der Waals surface area contributed by atoms with Crippen molar-refractivity contribution >= 4 is 33.1 Å². The lowest BCUT2D eigenvalue weighted by Gasteiger charge is -2.17. The standard InChI is InChI=1S/C29H33N3O2S/c1-3-23(33)12-8-5-9-13-25(29-30-18-26(32-29)21-10-6-4-7-11-21)31-28(34)17-22-19-35-27-15-14-20(2)16-24(22)27/h4,6-7,10-11,14-16,18-19,25H,3,5,8-9,12-13,17H2,1-2H3,(H,30,32)(H,31,34)/t25-/m0/s1. The van der Waals surface area contributed by atoms with E-state index in [1.54, 1.807) is 11.3 Å². The number of ketones is 1. The van der Waals surface area contributed by atoms with Crippen LogP contribution in [0.25, 0.3) is 21.3 Å². The number of nitrogens with zero attached hydrogens (tertiary/aromatic N) is 1. The Morgan fingerprint density at radius 2 is 1.91 bits per heavy atom. The summed E-state index contributed by atoms with van der Waals surface area (Å²) in [5, 5.41) is 6.48. The zero-order chi connectivity index (χ0) is 24.6. The second-order valence-electron chi connectivity index (χ2n) is 9.10. The summed E-state index contributed by atoms with van der Waals surface area (Å²) in [6.07, 6.45) is 6.96. The highest BCUT2D eigenvalue weighted by atomic mass is 32.1. The fourth-order valence-electron chi connectivity index (χ4n) is 4.33. The Bertz CT molecular complexity index is 1280. The largest absolute Gasteiger partial charge is 0.346 e. The Morgan fingerprint density at radius 1 is 1.09 bits per heavy atom. The molecule has 4 aromatic rings. The number of aryl methyl sites for hydroxylation is 1. The number of hydrogen-bond donors (Lipinski definition) is 2. The van der Waals surface area contributed by atoms with E-state index in [2.05, 4.69) is 45.8 Å². The second kappa shape index (κ2) is 11.9. The first-order valence-electron chi connectivity index (χ1n) is 12.4. The van der Waals surface area contributed by atoms with Gasteiger partial charge in [0.15, 0.2) is 0 Å². The van der Waals surface area contributed by atoms with Gasteiger partial charge in [-0.25, -0.2) is 4.98 Å². The average molecular weight is 488 g/mol. The molecule has 0 aliphatic heterocycles. The van der Waals surface area contributed by atoms with E-state index in [1.807, 2.05) is 43.5 Å². The number of carbonyl (C=O) groups excluding carboxylic acids is 2. The fraction of sp³-hybridized carbons (Fsp3) is 0.345. The molecule has 0 spiro atoms. The van der Waals surface area contributed by atoms with E-state index in [9.17, 15) is 9.59 Å². The van der Waals surface area contributed by atoms with Crippen molar-refractivity contribution in [1.29, 1.82) is 0 Å². The zero-order valence-electron chi connectivity index (χ0n) is 20.5. The van der Waals surface area contributed by atoms with Crippen LogP contribution in [-0.2, 0) is 16.0 Å². The normalized spacial score (nSPS) is 12.1. The summed E-state index contributed by atoms with van der Waals surface area (Å²) < 4.78 is 1.20. The maximum Gasteiger partial charge on any atom is 0.225 e. The first-order valence-corrected chi connectivity index (χ1v) is 13.3. The van der Waals surface area contributed by atoms with E-state index in [4.69, 9.17) is 0 Å². The van der Waals surface area contributed by atoms with Crippen molar-refractivity contribution in [3.05, 3.63) is 77.1 Å². The first-order chi connectivity index (χ1) is 17.0. The van der Waals surface area contributed by atoms with Gasteiger partial charge in [0.2, 0.25) is 5.91 Å². The molecule has 4 rings (SSSR count). The molecule has 0 aliphatic carbocycles. The van der Waals surface area contributed by atoms with Gasteiger partial charge in [-0.2, -0.15) is 0 Å². The highest BCUT2D eigenvalue weighted by Gasteiger charge is 2.19. The minimum atomic E-state index is -0.200. The molecule has 2 aromatic heterocycles. The minimum absolute atomic E-state index is 0.00460. The maximum atomic E-state index is 13.1. The lowest BCUT2D eigenvalue weighted by Crippen LogP contribution is -2.30. The van der Waals surface area contributed by atoms with E-state index in [0.717, 1.165) is 53.7 Å². The molecular formula is C29H33N3O2S. The van der Waals surface area contributed by atoms with Crippen molar-refractivity contribution in [1.82, 2.24) is 15.3 Å². The summed E-state index contributed by atoms with van der Waals surface area (Å²) in [5.74, 6) is 1.08. The summed E-state index contributed by atoms with van der Waals surface area (Å²) in [7, 11) is 0. The van der Waals surface area contributed by atoms with E-state index < -0.39 is 0 Å². The number of hydrogen-bond acceptors (Lipinski definition) is 4. The van der Waals surface area contributed by atoms with Gasteiger partial charge in [0.05, 0.1) is 24.4 Å². The molecule has 2 heterocycles. The summed E-state index contributed by atoms with van der Waals surface area (Å²) in [6.45, 7) is 3.99. The van der Waals surface area contributed by atoms with Gasteiger partial charge >= 0.3 is 0 Å². The maximum absolute atomic E-state index is 13.1. The Balaban J connectivity index is 1.45. The molecule has 6 heteroatoms. The molecule has 0 fully saturated rings. The van der Waals surface area contributed by atoms with Gasteiger partial charge in [0.1, 0.15) is 11.6 Å². The van der Waals surface area contributed by atoms with E-state index in [-0.39, 0.29) is 11.9 Å². The van der Waals surface area contributed by atoms with Gasteiger partial charge in [-0.15, -0.1) is 11.3 Å². The third-order valence-corrected chi connectivity index (χ3v) is 7.36. The van der Waals surface area contributed by atoms with Crippen molar-refractivity contribution in [3.63, 3.8) is 0 Å². The molecule has 35 heavy (non-hydrogen) atoms. The van der Waals surface area contributed by atoms with Crippen molar-refractivity contribution in [2.24, 2.45) is 0 Å². The molecule has 0 saturated heterocycles. The van der Waals surface area contributed by atoms with Crippen LogP contribution in [0.4, 0.5) is 0 Å². The van der Waals surface area contributed by atoms with E-state index >= 15 is 0 Å². The van der Waals surface area contributed by atoms with Gasteiger partial charge in [-0.1, -0.05) is 67.8 Å². The van der Waals surface area contributed by atoms with Crippen LogP contribution >= 0.6 is 11.3 Å². The topological polar surface area (TPSA) is 74.8 Å². The lowest BCUT2D eigenvalue weighted by atomic mass is 10.0. The molecule has 0 saturated carbocycles. The highest BCUT2D eigenvalue weighted by molar-refractivity contribution is 7.17. The molecule has 0 bridgehead atoms. The monoisotopic (exact) mass is 487 g/mol. The average Bonchev–Trinajstić information content (AvgIpc) is 3.51. The minimum Gasteiger partial charge on any atom is -0.346 e. The molecule has 0 unspecified atom stereocenters. The van der Waals surface area contributed by atoms with Crippen LogP contribution in [0.5, 0.6) is 0 Å². The number of Topliss-reactive ketones (excluding diaryl/α,β-unsaturated/α-hetero) is 1. The van der Waals surface area contributed by atoms with Gasteiger partial charge in [-0.05, 0) is 47.7 Å². The number of amides is 1. The van der Waals surface area contributed by atoms with Gasteiger partial charge in [0, 0.05) is 17.5 Å². The number of imidazole rings is 1. The van der Waals surface area contributed by atoms with Crippen molar-refractivity contribution < 1.29 is 9.59 Å². The van der Waals surface area contributed by atoms with Crippen LogP contribution in [-0.4, -0.2) is 21.7 Å². The summed E-state index contributed by atoms with van der Waals surface area (Å²) in [6, 6.07) is 16.3. The molecular weight excluding hydrogens is 454 g/mol. The Kier molecular flexibility index (Phi) is 8.48. The highest BCUT2D eigenvalue weighted by Crippen LogP contribution is 2.28. The quantitative estimate of drug-likeness (QED) is 0.213. The molecule has 2 aromatic carbocycles. The van der Waals surface area contributed by atoms with Crippen LogP contribution in [0, 0.1) is 6.92 Å². The van der Waals surface area contributed by atoms with Crippen LogP contribution in [0.3, 0.4) is 0 Å². The lowest BCUT2D eigenvalue weighted by molar-refractivity contribution is -0.121. The zero-order valence-corrected chi connectivity index (χ0v) is 21.3. The van der Waals surface area contributed by atoms with Crippen LogP contribution in [0.2, 0.25) is 0 Å². The number of nitrogens with one attached hydrogen (secondary N) is 2. The molecule has 1 atom stereocenters. The molecule has 2 N–H and O–H groups in total. The Labute approximate surface area is 211 Å². The molecule has 1 amide bonds. The van der Waals surface area contributed by atoms with E-state index in [0.29, 0.717) is 25.0 Å². The number of rotatable bonds is 12. The third kappa shape index (κ3) is 6.67. The first kappa shape index (κ1) is 24.9. The van der Waals surface area contributed by atoms with Crippen LogP contribution in [0.1, 0.15) is 68.4 Å². The molecule has 182 valence electrons. The fourth-order valence-corrected chi connectivity index (χ4v) is 5.27. The number of aromatic nitrogens is 2. The number of unbranched alkanes of at least 4 members (excludes halogenated alkanes) is 2. The Hall–Kier alpha value is -3.25. The SMILES string of the molecule is CCC(=O)CCCCC[C@H](NC(=O)Cc1csc2ccc(C)cc12)c1ncc(-c2ccccc2)[nH]1. The predicted molar refractivity (Wildman–Crippen MR) is 144 cm³/mol. The third-order valence-electron chi connectivity index (χ3n) is 6.35. The molecule has 0 aliphatic rings.